The lowest BCUT2D eigenvalue weighted by Crippen LogP contribution is -2.11. The third kappa shape index (κ3) is 3.39. The number of esters is 1. The summed E-state index contributed by atoms with van der Waals surface area (Å²) in [6.45, 7) is 3.26. The van der Waals surface area contributed by atoms with E-state index in [2.05, 4.69) is 0 Å². The molecule has 1 aromatic rings. The Morgan fingerprint density at radius 3 is 2.64 bits per heavy atom. The summed E-state index contributed by atoms with van der Waals surface area (Å²) in [6.07, 6.45) is -0.173. The Morgan fingerprint density at radius 2 is 2.07 bits per heavy atom. The first kappa shape index (κ1) is 10.4. The number of hydrogen-bond acceptors (Lipinski definition) is 3. The van der Waals surface area contributed by atoms with Gasteiger partial charge in [-0.3, -0.25) is 9.59 Å². The standard InChI is InChI=1S/C11H12O3/c1-8-4-3-5-10(6-8)14-11(13)7-9(2)12/h3-6H,7H2,1-2H3. The second kappa shape index (κ2) is 4.56. The van der Waals surface area contributed by atoms with Gasteiger partial charge in [-0.1, -0.05) is 12.1 Å². The Labute approximate surface area is 82.7 Å². The Morgan fingerprint density at radius 1 is 1.36 bits per heavy atom. The molecule has 0 spiro atoms. The molecule has 1 rings (SSSR count). The molecule has 74 valence electrons. The lowest BCUT2D eigenvalue weighted by Gasteiger charge is -2.02. The highest BCUT2D eigenvalue weighted by Crippen LogP contribution is 2.12. The van der Waals surface area contributed by atoms with Gasteiger partial charge in [-0.25, -0.2) is 0 Å². The van der Waals surface area contributed by atoms with Gasteiger partial charge in [-0.2, -0.15) is 0 Å². The molecule has 0 N–H and O–H groups in total. The van der Waals surface area contributed by atoms with Gasteiger partial charge in [0.2, 0.25) is 0 Å². The van der Waals surface area contributed by atoms with E-state index in [-0.39, 0.29) is 12.2 Å². The van der Waals surface area contributed by atoms with Crippen LogP contribution in [0.4, 0.5) is 0 Å². The van der Waals surface area contributed by atoms with E-state index in [0.717, 1.165) is 5.56 Å². The Hall–Kier alpha value is -1.64. The predicted molar refractivity (Wildman–Crippen MR) is 52.1 cm³/mol. The van der Waals surface area contributed by atoms with Crippen molar-refractivity contribution < 1.29 is 14.3 Å². The molecule has 1 aromatic carbocycles. The van der Waals surface area contributed by atoms with Gasteiger partial charge in [0, 0.05) is 0 Å². The fraction of sp³-hybridized carbons (Fsp3) is 0.273. The maximum atomic E-state index is 11.1. The van der Waals surface area contributed by atoms with Gasteiger partial charge >= 0.3 is 5.97 Å². The molecule has 0 saturated carbocycles. The molecule has 0 aliphatic carbocycles. The second-order valence-electron chi connectivity index (χ2n) is 3.17. The first-order valence-electron chi connectivity index (χ1n) is 4.34. The first-order valence-corrected chi connectivity index (χ1v) is 4.34. The van der Waals surface area contributed by atoms with Crippen molar-refractivity contribution in [3.05, 3.63) is 29.8 Å². The minimum Gasteiger partial charge on any atom is -0.426 e. The van der Waals surface area contributed by atoms with E-state index in [1.807, 2.05) is 13.0 Å². The summed E-state index contributed by atoms with van der Waals surface area (Å²) in [6, 6.07) is 7.14. The van der Waals surface area contributed by atoms with Crippen LogP contribution in [0.2, 0.25) is 0 Å². The van der Waals surface area contributed by atoms with Gasteiger partial charge in [-0.05, 0) is 31.5 Å². The van der Waals surface area contributed by atoms with Crippen LogP contribution in [0.15, 0.2) is 24.3 Å². The zero-order valence-corrected chi connectivity index (χ0v) is 8.24. The first-order chi connectivity index (χ1) is 6.58. The summed E-state index contributed by atoms with van der Waals surface area (Å²) in [7, 11) is 0. The Kier molecular flexibility index (Phi) is 3.40. The van der Waals surface area contributed by atoms with Crippen LogP contribution < -0.4 is 4.74 Å². The number of ether oxygens (including phenoxy) is 1. The highest BCUT2D eigenvalue weighted by atomic mass is 16.5. The highest BCUT2D eigenvalue weighted by Gasteiger charge is 2.07. The van der Waals surface area contributed by atoms with Crippen molar-refractivity contribution in [2.45, 2.75) is 20.3 Å². The van der Waals surface area contributed by atoms with Crippen LogP contribution in [0.25, 0.3) is 0 Å². The van der Waals surface area contributed by atoms with Crippen molar-refractivity contribution in [1.29, 1.82) is 0 Å². The third-order valence-electron chi connectivity index (χ3n) is 1.61. The van der Waals surface area contributed by atoms with Crippen LogP contribution in [0.3, 0.4) is 0 Å². The minimum atomic E-state index is -0.511. The molecule has 0 saturated heterocycles. The third-order valence-corrected chi connectivity index (χ3v) is 1.61. The van der Waals surface area contributed by atoms with Crippen molar-refractivity contribution in [1.82, 2.24) is 0 Å². The largest absolute Gasteiger partial charge is 0.426 e. The molecule has 0 aliphatic rings. The summed E-state index contributed by atoms with van der Waals surface area (Å²) in [5.74, 6) is -0.220. The van der Waals surface area contributed by atoms with Gasteiger partial charge in [0.25, 0.3) is 0 Å². The molecule has 0 aromatic heterocycles. The molecular formula is C11H12O3. The molecule has 0 bridgehead atoms. The van der Waals surface area contributed by atoms with E-state index < -0.39 is 5.97 Å². The van der Waals surface area contributed by atoms with Crippen molar-refractivity contribution >= 4 is 11.8 Å². The molecule has 0 amide bonds. The fourth-order valence-electron chi connectivity index (χ4n) is 1.05. The number of rotatable bonds is 3. The van der Waals surface area contributed by atoms with Gasteiger partial charge in [0.05, 0.1) is 0 Å². The lowest BCUT2D eigenvalue weighted by molar-refractivity contribution is -0.137. The van der Waals surface area contributed by atoms with Crippen LogP contribution in [0.5, 0.6) is 5.75 Å². The van der Waals surface area contributed by atoms with E-state index >= 15 is 0 Å². The smallest absolute Gasteiger partial charge is 0.318 e. The average Bonchev–Trinajstić information content (AvgIpc) is 2.01. The van der Waals surface area contributed by atoms with Crippen molar-refractivity contribution in [2.24, 2.45) is 0 Å². The SMILES string of the molecule is CC(=O)CC(=O)Oc1cccc(C)c1. The number of hydrogen-bond donors (Lipinski definition) is 0. The van der Waals surface area contributed by atoms with Gasteiger partial charge in [0.15, 0.2) is 0 Å². The zero-order valence-electron chi connectivity index (χ0n) is 8.24. The maximum Gasteiger partial charge on any atom is 0.318 e. The molecule has 14 heavy (non-hydrogen) atoms. The molecule has 0 heterocycles. The number of benzene rings is 1. The normalized spacial score (nSPS) is 9.57. The molecule has 0 atom stereocenters. The molecular weight excluding hydrogens is 180 g/mol. The van der Waals surface area contributed by atoms with Crippen molar-refractivity contribution in [3.8, 4) is 5.75 Å². The molecule has 0 aliphatic heterocycles. The van der Waals surface area contributed by atoms with Gasteiger partial charge < -0.3 is 4.74 Å². The van der Waals surface area contributed by atoms with E-state index in [4.69, 9.17) is 4.74 Å². The van der Waals surface area contributed by atoms with Crippen LogP contribution in [0.1, 0.15) is 18.9 Å². The molecule has 0 fully saturated rings. The van der Waals surface area contributed by atoms with Crippen LogP contribution in [-0.4, -0.2) is 11.8 Å². The molecule has 0 unspecified atom stereocenters. The Bertz CT molecular complexity index is 355. The monoisotopic (exact) mass is 192 g/mol. The predicted octanol–water partition coefficient (Wildman–Crippen LogP) is 1.88. The highest BCUT2D eigenvalue weighted by molar-refractivity contribution is 5.94. The minimum absolute atomic E-state index is 0.173. The summed E-state index contributed by atoms with van der Waals surface area (Å²) in [4.78, 5) is 21.7. The number of carbonyl (C=O) groups is 2. The van der Waals surface area contributed by atoms with Gasteiger partial charge in [0.1, 0.15) is 18.0 Å². The van der Waals surface area contributed by atoms with Gasteiger partial charge in [-0.15, -0.1) is 0 Å². The number of carbonyl (C=O) groups excluding carboxylic acids is 2. The van der Waals surface area contributed by atoms with Crippen molar-refractivity contribution in [2.75, 3.05) is 0 Å². The molecule has 3 heteroatoms. The van der Waals surface area contributed by atoms with E-state index in [1.54, 1.807) is 18.2 Å². The Balaban J connectivity index is 2.60. The average molecular weight is 192 g/mol. The summed E-state index contributed by atoms with van der Waals surface area (Å²) in [5.41, 5.74) is 1.01. The quantitative estimate of drug-likeness (QED) is 0.417. The maximum absolute atomic E-state index is 11.1. The van der Waals surface area contributed by atoms with E-state index in [9.17, 15) is 9.59 Å². The summed E-state index contributed by atoms with van der Waals surface area (Å²) >= 11 is 0. The van der Waals surface area contributed by atoms with Crippen LogP contribution >= 0.6 is 0 Å². The lowest BCUT2D eigenvalue weighted by atomic mass is 10.2. The van der Waals surface area contributed by atoms with Crippen LogP contribution in [-0.2, 0) is 9.59 Å². The summed E-state index contributed by atoms with van der Waals surface area (Å²) in [5, 5.41) is 0. The fourth-order valence-corrected chi connectivity index (χ4v) is 1.05. The second-order valence-corrected chi connectivity index (χ2v) is 3.17. The zero-order chi connectivity index (χ0) is 10.6. The molecule has 0 radical (unpaired) electrons. The van der Waals surface area contributed by atoms with E-state index in [0.29, 0.717) is 5.75 Å². The summed E-state index contributed by atoms with van der Waals surface area (Å²) < 4.78 is 4.95. The topological polar surface area (TPSA) is 43.4 Å². The number of ketones is 1. The van der Waals surface area contributed by atoms with E-state index in [1.165, 1.54) is 6.92 Å². The van der Waals surface area contributed by atoms with Crippen molar-refractivity contribution in [3.63, 3.8) is 0 Å². The molecule has 3 nitrogen and oxygen atoms in total. The van der Waals surface area contributed by atoms with Crippen LogP contribution in [0, 0.1) is 6.92 Å². The number of aryl methyl sites for hydroxylation is 1. The number of Topliss-reactive ketones (excluding diaryl/α,β-unsaturated/α-hetero) is 1.